The Morgan fingerprint density at radius 1 is 1.08 bits per heavy atom. The smallest absolute Gasteiger partial charge is 0.407 e. The maximum Gasteiger partial charge on any atom is 0.407 e. The van der Waals surface area contributed by atoms with Gasteiger partial charge in [0.15, 0.2) is 0 Å². The van der Waals surface area contributed by atoms with Gasteiger partial charge in [0, 0.05) is 50.7 Å². The Kier molecular flexibility index (Phi) is 3.98. The van der Waals surface area contributed by atoms with Crippen molar-refractivity contribution in [2.75, 3.05) is 32.7 Å². The van der Waals surface area contributed by atoms with E-state index in [0.29, 0.717) is 36.2 Å². The molecule has 0 spiro atoms. The molecule has 1 unspecified atom stereocenters. The van der Waals surface area contributed by atoms with Gasteiger partial charge in [-0.25, -0.2) is 4.79 Å². The molecule has 0 aromatic heterocycles. The van der Waals surface area contributed by atoms with Crippen molar-refractivity contribution in [1.82, 2.24) is 14.7 Å². The van der Waals surface area contributed by atoms with Crippen molar-refractivity contribution in [3.8, 4) is 0 Å². The molecule has 0 aromatic carbocycles. The minimum absolute atomic E-state index is 0.211. The van der Waals surface area contributed by atoms with Crippen molar-refractivity contribution >= 4 is 12.0 Å². The normalized spacial score (nSPS) is 40.5. The molecule has 2 amide bonds. The highest BCUT2D eigenvalue weighted by atomic mass is 16.4. The molecule has 2 aliphatic carbocycles. The van der Waals surface area contributed by atoms with Gasteiger partial charge in [0.2, 0.25) is 5.91 Å². The summed E-state index contributed by atoms with van der Waals surface area (Å²) in [6, 6.07) is 0.749. The highest BCUT2D eigenvalue weighted by Crippen LogP contribution is 2.54. The van der Waals surface area contributed by atoms with Gasteiger partial charge in [-0.05, 0) is 50.9 Å². The number of likely N-dealkylation sites (tertiary alicyclic amines) is 1. The number of nitrogens with zero attached hydrogens (tertiary/aromatic N) is 3. The Balaban J connectivity index is 1.35. The standard InChI is InChI=1S/C18H29N3O3/c1-3-19(4-2)17(22)16-13-9-20(10-14(13)16)15-7-12-6-5-11(15)8-21(12)18(23)24/h11-16H,3-10H2,1-2H3,(H,23,24)/t11-,12-,13-,14+,15?,16+/m1/s1. The molecular weight excluding hydrogens is 306 g/mol. The van der Waals surface area contributed by atoms with Gasteiger partial charge >= 0.3 is 6.09 Å². The molecule has 3 aliphatic heterocycles. The molecule has 0 aromatic rings. The molecule has 6 atom stereocenters. The van der Waals surface area contributed by atoms with E-state index in [4.69, 9.17) is 0 Å². The van der Waals surface area contributed by atoms with E-state index in [2.05, 4.69) is 18.7 Å². The Labute approximate surface area is 143 Å². The summed E-state index contributed by atoms with van der Waals surface area (Å²) in [6.45, 7) is 8.53. The van der Waals surface area contributed by atoms with Crippen LogP contribution in [0.2, 0.25) is 0 Å². The molecular formula is C18H29N3O3. The summed E-state index contributed by atoms with van der Waals surface area (Å²) < 4.78 is 0. The van der Waals surface area contributed by atoms with Crippen LogP contribution >= 0.6 is 0 Å². The van der Waals surface area contributed by atoms with Crippen LogP contribution in [0.25, 0.3) is 0 Å². The first-order valence-corrected chi connectivity index (χ1v) is 9.57. The zero-order valence-electron chi connectivity index (χ0n) is 14.7. The van der Waals surface area contributed by atoms with Crippen LogP contribution in [0.15, 0.2) is 0 Å². The highest BCUT2D eigenvalue weighted by molar-refractivity contribution is 5.82. The molecule has 2 saturated carbocycles. The number of fused-ring (bicyclic) bond motifs is 4. The summed E-state index contributed by atoms with van der Waals surface area (Å²) in [5.41, 5.74) is 0. The predicted molar refractivity (Wildman–Crippen MR) is 89.6 cm³/mol. The van der Waals surface area contributed by atoms with E-state index in [1.54, 1.807) is 4.90 Å². The summed E-state index contributed by atoms with van der Waals surface area (Å²) in [6.07, 6.45) is 2.42. The minimum Gasteiger partial charge on any atom is -0.465 e. The van der Waals surface area contributed by atoms with Gasteiger partial charge in [-0.3, -0.25) is 9.69 Å². The topological polar surface area (TPSA) is 64.1 Å². The van der Waals surface area contributed by atoms with Crippen LogP contribution < -0.4 is 0 Å². The molecule has 3 saturated heterocycles. The van der Waals surface area contributed by atoms with Crippen molar-refractivity contribution in [1.29, 1.82) is 0 Å². The number of hydrogen-bond acceptors (Lipinski definition) is 3. The number of piperidine rings is 3. The molecule has 5 rings (SSSR count). The summed E-state index contributed by atoms with van der Waals surface area (Å²) in [4.78, 5) is 30.1. The van der Waals surface area contributed by atoms with Crippen LogP contribution in [-0.2, 0) is 4.79 Å². The fraction of sp³-hybridized carbons (Fsp3) is 0.889. The van der Waals surface area contributed by atoms with Gasteiger partial charge in [-0.15, -0.1) is 0 Å². The quantitative estimate of drug-likeness (QED) is 0.847. The van der Waals surface area contributed by atoms with Crippen molar-refractivity contribution in [2.24, 2.45) is 23.7 Å². The van der Waals surface area contributed by atoms with Crippen LogP contribution in [0.3, 0.4) is 0 Å². The van der Waals surface area contributed by atoms with E-state index in [9.17, 15) is 14.7 Å². The van der Waals surface area contributed by atoms with Crippen LogP contribution in [0.1, 0.15) is 33.1 Å². The van der Waals surface area contributed by atoms with E-state index >= 15 is 0 Å². The number of amides is 2. The molecule has 134 valence electrons. The van der Waals surface area contributed by atoms with Gasteiger partial charge in [-0.2, -0.15) is 0 Å². The Hall–Kier alpha value is -1.30. The third kappa shape index (κ3) is 2.41. The Morgan fingerprint density at radius 3 is 2.25 bits per heavy atom. The van der Waals surface area contributed by atoms with Crippen LogP contribution in [0.5, 0.6) is 0 Å². The molecule has 0 radical (unpaired) electrons. The lowest BCUT2D eigenvalue weighted by molar-refractivity contribution is -0.133. The van der Waals surface area contributed by atoms with Gasteiger partial charge in [-0.1, -0.05) is 0 Å². The highest BCUT2D eigenvalue weighted by Gasteiger charge is 2.61. The van der Waals surface area contributed by atoms with Crippen molar-refractivity contribution in [2.45, 2.75) is 45.2 Å². The van der Waals surface area contributed by atoms with E-state index in [1.165, 1.54) is 0 Å². The average Bonchev–Trinajstić information content (AvgIpc) is 3.09. The molecule has 1 N–H and O–H groups in total. The van der Waals surface area contributed by atoms with Crippen LogP contribution in [-0.4, -0.2) is 76.6 Å². The minimum atomic E-state index is -0.752. The molecule has 24 heavy (non-hydrogen) atoms. The van der Waals surface area contributed by atoms with Gasteiger partial charge in [0.1, 0.15) is 0 Å². The van der Waals surface area contributed by atoms with E-state index in [0.717, 1.165) is 45.4 Å². The number of hydrogen-bond donors (Lipinski definition) is 1. The van der Waals surface area contributed by atoms with E-state index < -0.39 is 6.09 Å². The molecule has 2 bridgehead atoms. The van der Waals surface area contributed by atoms with E-state index in [-0.39, 0.29) is 12.0 Å². The summed E-state index contributed by atoms with van der Waals surface area (Å²) in [5, 5.41) is 9.33. The van der Waals surface area contributed by atoms with E-state index in [1.807, 2.05) is 4.90 Å². The SMILES string of the molecule is CCN(CC)C(=O)[C@H]1[C@@H]2CN(C3C[C@H]4CC[C@@H]3CN4C(=O)O)C[C@@H]21. The van der Waals surface area contributed by atoms with Crippen LogP contribution in [0.4, 0.5) is 4.79 Å². The maximum absolute atomic E-state index is 12.5. The molecule has 6 nitrogen and oxygen atoms in total. The average molecular weight is 335 g/mol. The van der Waals surface area contributed by atoms with Gasteiger partial charge < -0.3 is 14.9 Å². The monoisotopic (exact) mass is 335 g/mol. The fourth-order valence-electron chi connectivity index (χ4n) is 5.71. The number of carboxylic acid groups (broad SMARTS) is 1. The van der Waals surface area contributed by atoms with Crippen molar-refractivity contribution in [3.63, 3.8) is 0 Å². The summed E-state index contributed by atoms with van der Waals surface area (Å²) in [7, 11) is 0. The second-order valence-corrected chi connectivity index (χ2v) is 8.05. The predicted octanol–water partition coefficient (Wildman–Crippen LogP) is 1.56. The molecule has 3 heterocycles. The second-order valence-electron chi connectivity index (χ2n) is 8.05. The molecule has 5 aliphatic rings. The lowest BCUT2D eigenvalue weighted by Crippen LogP contribution is -2.60. The van der Waals surface area contributed by atoms with Gasteiger partial charge in [0.25, 0.3) is 0 Å². The number of carbonyl (C=O) groups excluding carboxylic acids is 1. The second kappa shape index (κ2) is 5.90. The zero-order valence-corrected chi connectivity index (χ0v) is 14.7. The largest absolute Gasteiger partial charge is 0.465 e. The third-order valence-electron chi connectivity index (χ3n) is 7.10. The summed E-state index contributed by atoms with van der Waals surface area (Å²) in [5.74, 6) is 2.21. The van der Waals surface area contributed by atoms with Crippen LogP contribution in [0, 0.1) is 23.7 Å². The number of carbonyl (C=O) groups is 2. The fourth-order valence-corrected chi connectivity index (χ4v) is 5.71. The molecule has 5 fully saturated rings. The maximum atomic E-state index is 12.5. The first kappa shape index (κ1) is 16.2. The van der Waals surface area contributed by atoms with Crippen molar-refractivity contribution < 1.29 is 14.7 Å². The zero-order chi connectivity index (χ0) is 17.0. The third-order valence-corrected chi connectivity index (χ3v) is 7.10. The summed E-state index contributed by atoms with van der Waals surface area (Å²) >= 11 is 0. The lowest BCUT2D eigenvalue weighted by Gasteiger charge is -2.51. The first-order chi connectivity index (χ1) is 11.5. The van der Waals surface area contributed by atoms with Crippen molar-refractivity contribution in [3.05, 3.63) is 0 Å². The Morgan fingerprint density at radius 2 is 1.75 bits per heavy atom. The first-order valence-electron chi connectivity index (χ1n) is 9.57. The molecule has 6 heteroatoms. The number of rotatable bonds is 4. The Bertz CT molecular complexity index is 524. The lowest BCUT2D eigenvalue weighted by atomic mass is 9.75. The van der Waals surface area contributed by atoms with Gasteiger partial charge in [0.05, 0.1) is 0 Å².